The summed E-state index contributed by atoms with van der Waals surface area (Å²) in [5, 5.41) is 4.07. The van der Waals surface area contributed by atoms with E-state index in [1.165, 1.54) is 32.4 Å². The van der Waals surface area contributed by atoms with Crippen LogP contribution in [0.4, 0.5) is 8.78 Å². The molecule has 1 aromatic heterocycles. The zero-order chi connectivity index (χ0) is 23.0. The van der Waals surface area contributed by atoms with Crippen molar-refractivity contribution in [2.75, 3.05) is 19.6 Å². The van der Waals surface area contributed by atoms with Crippen molar-refractivity contribution in [1.29, 1.82) is 0 Å². The first-order valence-corrected chi connectivity index (χ1v) is 12.8. The number of fused-ring (bicyclic) bond motifs is 1. The van der Waals surface area contributed by atoms with Gasteiger partial charge in [-0.1, -0.05) is 17.7 Å². The van der Waals surface area contributed by atoms with Crippen LogP contribution >= 0.6 is 11.6 Å². The Morgan fingerprint density at radius 3 is 2.61 bits per heavy atom. The predicted octanol–water partition coefficient (Wildman–Crippen LogP) is 6.18. The number of aromatic nitrogens is 1. The van der Waals surface area contributed by atoms with E-state index in [1.807, 2.05) is 12.1 Å². The molecule has 1 saturated heterocycles. The van der Waals surface area contributed by atoms with Crippen LogP contribution < -0.4 is 5.32 Å². The van der Waals surface area contributed by atoms with E-state index < -0.39 is 5.92 Å². The molecule has 5 rings (SSSR count). The van der Waals surface area contributed by atoms with Crippen molar-refractivity contribution in [2.45, 2.75) is 75.7 Å². The van der Waals surface area contributed by atoms with Crippen LogP contribution in [0.1, 0.15) is 79.8 Å². The maximum absolute atomic E-state index is 13.4. The van der Waals surface area contributed by atoms with Gasteiger partial charge < -0.3 is 10.2 Å². The minimum atomic E-state index is -2.56. The van der Waals surface area contributed by atoms with Crippen LogP contribution in [0.2, 0.25) is 5.02 Å². The van der Waals surface area contributed by atoms with Gasteiger partial charge in [0.1, 0.15) is 0 Å². The summed E-state index contributed by atoms with van der Waals surface area (Å²) in [7, 11) is 0. The number of pyridine rings is 1. The van der Waals surface area contributed by atoms with Gasteiger partial charge in [-0.3, -0.25) is 9.78 Å². The number of benzene rings is 1. The standard InChI is InChI=1S/C26H32ClF2N3O/c27-21-6-8-23-20(24(21)25(33)30-16-17-9-11-26(28,29)12-10-17)5-7-22(31-23)18-3-4-19(15-18)32-13-1-2-14-32/h5-8,17-19H,1-4,9-16H2,(H,30,33). The smallest absolute Gasteiger partial charge is 0.253 e. The minimum absolute atomic E-state index is 0.0815. The van der Waals surface area contributed by atoms with Gasteiger partial charge in [0, 0.05) is 42.4 Å². The van der Waals surface area contributed by atoms with Crippen molar-refractivity contribution in [1.82, 2.24) is 15.2 Å². The van der Waals surface area contributed by atoms with E-state index in [9.17, 15) is 13.6 Å². The monoisotopic (exact) mass is 475 g/mol. The van der Waals surface area contributed by atoms with Crippen molar-refractivity contribution >= 4 is 28.4 Å². The third kappa shape index (κ3) is 5.02. The fraction of sp³-hybridized carbons (Fsp3) is 0.615. The zero-order valence-corrected chi connectivity index (χ0v) is 19.7. The summed E-state index contributed by atoms with van der Waals surface area (Å²) in [6.45, 7) is 2.85. The number of carbonyl (C=O) groups is 1. The first kappa shape index (κ1) is 23.0. The van der Waals surface area contributed by atoms with E-state index in [1.54, 1.807) is 6.07 Å². The molecule has 7 heteroatoms. The Hall–Kier alpha value is -1.79. The Balaban J connectivity index is 1.28. The Morgan fingerprint density at radius 1 is 1.09 bits per heavy atom. The number of nitrogens with zero attached hydrogens (tertiary/aromatic N) is 2. The molecular weight excluding hydrogens is 444 g/mol. The molecule has 2 aliphatic carbocycles. The summed E-state index contributed by atoms with van der Waals surface area (Å²) in [5.74, 6) is -2.28. The highest BCUT2D eigenvalue weighted by Gasteiger charge is 2.35. The van der Waals surface area contributed by atoms with Gasteiger partial charge >= 0.3 is 0 Å². The quantitative estimate of drug-likeness (QED) is 0.562. The average molecular weight is 476 g/mol. The maximum Gasteiger partial charge on any atom is 0.253 e. The van der Waals surface area contributed by atoms with Gasteiger partial charge in [0.15, 0.2) is 0 Å². The van der Waals surface area contributed by atoms with Crippen molar-refractivity contribution in [2.24, 2.45) is 5.92 Å². The number of hydrogen-bond acceptors (Lipinski definition) is 3. The molecule has 1 amide bonds. The number of amides is 1. The molecule has 1 aliphatic heterocycles. The lowest BCUT2D eigenvalue weighted by molar-refractivity contribution is -0.0452. The topological polar surface area (TPSA) is 45.2 Å². The van der Waals surface area contributed by atoms with E-state index in [-0.39, 0.29) is 24.7 Å². The number of nitrogens with one attached hydrogen (secondary N) is 1. The van der Waals surface area contributed by atoms with Gasteiger partial charge in [-0.15, -0.1) is 0 Å². The molecule has 0 radical (unpaired) electrons. The molecule has 4 nitrogen and oxygen atoms in total. The Kier molecular flexibility index (Phi) is 6.58. The summed E-state index contributed by atoms with van der Waals surface area (Å²) < 4.78 is 26.8. The molecule has 33 heavy (non-hydrogen) atoms. The highest BCUT2D eigenvalue weighted by Crippen LogP contribution is 2.39. The molecule has 2 unspecified atom stereocenters. The average Bonchev–Trinajstić information content (AvgIpc) is 3.50. The fourth-order valence-electron chi connectivity index (χ4n) is 5.95. The summed E-state index contributed by atoms with van der Waals surface area (Å²) in [5.41, 5.74) is 2.31. The largest absolute Gasteiger partial charge is 0.352 e. The number of alkyl halides is 2. The van der Waals surface area contributed by atoms with Crippen LogP contribution in [-0.2, 0) is 0 Å². The lowest BCUT2D eigenvalue weighted by atomic mass is 9.87. The van der Waals surface area contributed by atoms with Gasteiger partial charge in [-0.25, -0.2) is 8.78 Å². The van der Waals surface area contributed by atoms with Crippen LogP contribution in [0.3, 0.4) is 0 Å². The molecule has 2 heterocycles. The third-order valence-electron chi connectivity index (χ3n) is 7.94. The Bertz CT molecular complexity index is 1010. The van der Waals surface area contributed by atoms with Crippen LogP contribution in [0.15, 0.2) is 24.3 Å². The SMILES string of the molecule is O=C(NCC1CCC(F)(F)CC1)c1c(Cl)ccc2nc(C3CCC(N4CCCC4)C3)ccc12. The van der Waals surface area contributed by atoms with Gasteiger partial charge in [-0.05, 0) is 82.2 Å². The second-order valence-electron chi connectivity index (χ2n) is 10.1. The van der Waals surface area contributed by atoms with E-state index in [0.29, 0.717) is 41.9 Å². The van der Waals surface area contributed by atoms with Crippen molar-refractivity contribution in [3.63, 3.8) is 0 Å². The predicted molar refractivity (Wildman–Crippen MR) is 127 cm³/mol. The molecule has 1 N–H and O–H groups in total. The second-order valence-corrected chi connectivity index (χ2v) is 10.5. The van der Waals surface area contributed by atoms with Gasteiger partial charge in [0.2, 0.25) is 5.92 Å². The van der Waals surface area contributed by atoms with Gasteiger partial charge in [0.05, 0.1) is 16.1 Å². The second kappa shape index (κ2) is 9.46. The molecule has 1 aromatic carbocycles. The molecule has 0 spiro atoms. The van der Waals surface area contributed by atoms with Crippen molar-refractivity contribution in [3.8, 4) is 0 Å². The fourth-order valence-corrected chi connectivity index (χ4v) is 6.20. The van der Waals surface area contributed by atoms with E-state index >= 15 is 0 Å². The first-order chi connectivity index (χ1) is 15.9. The number of likely N-dealkylation sites (tertiary alicyclic amines) is 1. The number of carbonyl (C=O) groups excluding carboxylic acids is 1. The molecule has 2 saturated carbocycles. The Labute approximate surface area is 199 Å². The van der Waals surface area contributed by atoms with Crippen LogP contribution in [0.5, 0.6) is 0 Å². The van der Waals surface area contributed by atoms with Crippen LogP contribution in [-0.4, -0.2) is 47.4 Å². The zero-order valence-electron chi connectivity index (χ0n) is 19.0. The van der Waals surface area contributed by atoms with E-state index in [4.69, 9.17) is 16.6 Å². The summed E-state index contributed by atoms with van der Waals surface area (Å²) in [6.07, 6.45) is 6.82. The van der Waals surface area contributed by atoms with E-state index in [0.717, 1.165) is 29.4 Å². The lowest BCUT2D eigenvalue weighted by Crippen LogP contribution is -2.34. The minimum Gasteiger partial charge on any atom is -0.352 e. The molecule has 178 valence electrons. The van der Waals surface area contributed by atoms with Crippen molar-refractivity contribution < 1.29 is 13.6 Å². The maximum atomic E-state index is 13.4. The molecule has 2 aromatic rings. The molecule has 3 aliphatic rings. The Morgan fingerprint density at radius 2 is 1.85 bits per heavy atom. The van der Waals surface area contributed by atoms with Crippen LogP contribution in [0, 0.1) is 5.92 Å². The summed E-state index contributed by atoms with van der Waals surface area (Å²) >= 11 is 6.42. The highest BCUT2D eigenvalue weighted by atomic mass is 35.5. The summed E-state index contributed by atoms with van der Waals surface area (Å²) in [6, 6.07) is 8.31. The molecule has 3 fully saturated rings. The third-order valence-corrected chi connectivity index (χ3v) is 8.25. The van der Waals surface area contributed by atoms with E-state index in [2.05, 4.69) is 16.3 Å². The molecule has 2 atom stereocenters. The molecule has 0 bridgehead atoms. The van der Waals surface area contributed by atoms with Gasteiger partial charge in [-0.2, -0.15) is 0 Å². The lowest BCUT2D eigenvalue weighted by Gasteiger charge is -2.28. The number of rotatable bonds is 5. The van der Waals surface area contributed by atoms with Gasteiger partial charge in [0.25, 0.3) is 5.91 Å². The number of hydrogen-bond donors (Lipinski definition) is 1. The summed E-state index contributed by atoms with van der Waals surface area (Å²) in [4.78, 5) is 20.6. The highest BCUT2D eigenvalue weighted by molar-refractivity contribution is 6.35. The number of halogens is 3. The van der Waals surface area contributed by atoms with Crippen LogP contribution in [0.25, 0.3) is 10.9 Å². The molecular formula is C26H32ClF2N3O. The first-order valence-electron chi connectivity index (χ1n) is 12.4. The van der Waals surface area contributed by atoms with Crippen molar-refractivity contribution in [3.05, 3.63) is 40.5 Å². The normalized spacial score (nSPS) is 26.2.